The lowest BCUT2D eigenvalue weighted by molar-refractivity contribution is -0.390. The maximum absolute atomic E-state index is 11.4. The number of benzene rings is 1. The van der Waals surface area contributed by atoms with E-state index < -0.39 is 4.92 Å². The minimum Gasteiger partial charge on any atom is -0.481 e. The highest BCUT2D eigenvalue weighted by molar-refractivity contribution is 5.90. The lowest BCUT2D eigenvalue weighted by Gasteiger charge is -2.08. The number of nitrogens with one attached hydrogen (secondary N) is 1. The Hall–Kier alpha value is -2.96. The second-order valence-electron chi connectivity index (χ2n) is 4.48. The largest absolute Gasteiger partial charge is 0.481 e. The number of carbonyl (C=O) groups excluding carboxylic acids is 1. The van der Waals surface area contributed by atoms with E-state index in [2.05, 4.69) is 10.3 Å². The van der Waals surface area contributed by atoms with Crippen molar-refractivity contribution < 1.29 is 14.5 Å². The topological polar surface area (TPSA) is 94.4 Å². The molecule has 0 bridgehead atoms. The second-order valence-corrected chi connectivity index (χ2v) is 4.48. The van der Waals surface area contributed by atoms with Gasteiger partial charge < -0.3 is 20.2 Å². The molecule has 1 aromatic carbocycles. The highest BCUT2D eigenvalue weighted by Gasteiger charge is 2.18. The fourth-order valence-electron chi connectivity index (χ4n) is 1.73. The highest BCUT2D eigenvalue weighted by Crippen LogP contribution is 2.28. The summed E-state index contributed by atoms with van der Waals surface area (Å²) in [5.74, 6) is -0.571. The Morgan fingerprint density at radius 2 is 2.09 bits per heavy atom. The second kappa shape index (κ2) is 7.16. The van der Waals surface area contributed by atoms with Crippen LogP contribution in [0.15, 0.2) is 42.6 Å². The molecule has 7 heteroatoms. The van der Waals surface area contributed by atoms with E-state index in [1.165, 1.54) is 12.3 Å². The predicted octanol–water partition coefficient (Wildman–Crippen LogP) is 2.92. The third-order valence-electron chi connectivity index (χ3n) is 2.85. The van der Waals surface area contributed by atoms with Gasteiger partial charge in [-0.3, -0.25) is 4.79 Å². The molecule has 0 saturated carbocycles. The normalized spacial score (nSPS) is 10.0. The first kappa shape index (κ1) is 15.4. The molecule has 0 unspecified atom stereocenters. The van der Waals surface area contributed by atoms with E-state index in [9.17, 15) is 14.9 Å². The van der Waals surface area contributed by atoms with Crippen LogP contribution in [0.4, 0.5) is 11.5 Å². The number of carbonyl (C=O) groups is 1. The van der Waals surface area contributed by atoms with E-state index in [0.717, 1.165) is 5.56 Å². The summed E-state index contributed by atoms with van der Waals surface area (Å²) < 4.78 is 5.48. The van der Waals surface area contributed by atoms with Crippen LogP contribution < -0.4 is 10.1 Å². The Balaban J connectivity index is 2.20. The van der Waals surface area contributed by atoms with Crippen LogP contribution in [0, 0.1) is 10.1 Å². The summed E-state index contributed by atoms with van der Waals surface area (Å²) in [6, 6.07) is 10.7. The smallest absolute Gasteiger partial charge is 0.406 e. The van der Waals surface area contributed by atoms with Gasteiger partial charge in [0.05, 0.1) is 5.69 Å². The van der Waals surface area contributed by atoms with Gasteiger partial charge in [-0.2, -0.15) is 0 Å². The van der Waals surface area contributed by atoms with Crippen molar-refractivity contribution in [1.29, 1.82) is 0 Å². The monoisotopic (exact) mass is 301 g/mol. The van der Waals surface area contributed by atoms with Crippen molar-refractivity contribution in [3.8, 4) is 5.75 Å². The van der Waals surface area contributed by atoms with Crippen molar-refractivity contribution in [2.24, 2.45) is 0 Å². The first-order valence-electron chi connectivity index (χ1n) is 6.71. The molecule has 1 heterocycles. The van der Waals surface area contributed by atoms with Crippen LogP contribution in [-0.2, 0) is 11.4 Å². The van der Waals surface area contributed by atoms with Gasteiger partial charge in [-0.05, 0) is 15.5 Å². The van der Waals surface area contributed by atoms with Crippen LogP contribution in [0.25, 0.3) is 0 Å². The fourth-order valence-corrected chi connectivity index (χ4v) is 1.73. The third-order valence-corrected chi connectivity index (χ3v) is 2.85. The molecule has 114 valence electrons. The van der Waals surface area contributed by atoms with E-state index in [1.807, 2.05) is 30.3 Å². The van der Waals surface area contributed by atoms with E-state index >= 15 is 0 Å². The Bertz CT molecular complexity index is 674. The van der Waals surface area contributed by atoms with Gasteiger partial charge in [0.15, 0.2) is 6.20 Å². The van der Waals surface area contributed by atoms with Gasteiger partial charge in [-0.25, -0.2) is 0 Å². The number of anilines is 1. The molecule has 0 atom stereocenters. The molecule has 0 aliphatic carbocycles. The average Bonchev–Trinajstić information content (AvgIpc) is 2.53. The van der Waals surface area contributed by atoms with Gasteiger partial charge >= 0.3 is 5.82 Å². The number of ether oxygens (including phenoxy) is 1. The number of rotatable bonds is 6. The van der Waals surface area contributed by atoms with E-state index in [1.54, 1.807) is 6.92 Å². The van der Waals surface area contributed by atoms with Gasteiger partial charge in [0, 0.05) is 12.5 Å². The summed E-state index contributed by atoms with van der Waals surface area (Å²) in [5.41, 5.74) is 1.24. The Morgan fingerprint density at radius 3 is 2.73 bits per heavy atom. The number of nitrogens with zero attached hydrogens (tertiary/aromatic N) is 2. The molecule has 22 heavy (non-hydrogen) atoms. The van der Waals surface area contributed by atoms with Crippen molar-refractivity contribution in [2.75, 3.05) is 5.32 Å². The lowest BCUT2D eigenvalue weighted by Crippen LogP contribution is -2.10. The minimum absolute atomic E-state index is 0.0164. The zero-order chi connectivity index (χ0) is 15.9. The maximum atomic E-state index is 11.4. The summed E-state index contributed by atoms with van der Waals surface area (Å²) in [5, 5.41) is 13.6. The summed E-state index contributed by atoms with van der Waals surface area (Å²) in [6.45, 7) is 1.88. The molecular formula is C15H15N3O4. The average molecular weight is 301 g/mol. The van der Waals surface area contributed by atoms with Gasteiger partial charge in [0.25, 0.3) is 0 Å². The molecule has 7 nitrogen and oxygen atoms in total. The molecular weight excluding hydrogens is 286 g/mol. The van der Waals surface area contributed by atoms with Crippen LogP contribution in [0.5, 0.6) is 5.75 Å². The van der Waals surface area contributed by atoms with Crippen LogP contribution >= 0.6 is 0 Å². The van der Waals surface area contributed by atoms with Crippen LogP contribution in [-0.4, -0.2) is 15.8 Å². The van der Waals surface area contributed by atoms with E-state index in [-0.39, 0.29) is 24.1 Å². The molecule has 1 N–H and O–H groups in total. The molecule has 0 spiro atoms. The van der Waals surface area contributed by atoms with Crippen LogP contribution in [0.3, 0.4) is 0 Å². The molecule has 0 aliphatic rings. The van der Waals surface area contributed by atoms with Gasteiger partial charge in [-0.1, -0.05) is 37.3 Å². The van der Waals surface area contributed by atoms with Crippen molar-refractivity contribution >= 4 is 17.4 Å². The highest BCUT2D eigenvalue weighted by atomic mass is 16.6. The third kappa shape index (κ3) is 4.02. The first-order chi connectivity index (χ1) is 10.6. The zero-order valence-electron chi connectivity index (χ0n) is 12.0. The molecule has 2 aromatic rings. The van der Waals surface area contributed by atoms with Crippen molar-refractivity contribution in [1.82, 2.24) is 4.98 Å². The predicted molar refractivity (Wildman–Crippen MR) is 80.6 cm³/mol. The number of amides is 1. The molecule has 2 rings (SSSR count). The van der Waals surface area contributed by atoms with Gasteiger partial charge in [-0.15, -0.1) is 0 Å². The molecule has 0 saturated heterocycles. The summed E-state index contributed by atoms with van der Waals surface area (Å²) in [6.07, 6.45) is 1.54. The number of hydrogen-bond donors (Lipinski definition) is 1. The Morgan fingerprint density at radius 1 is 1.36 bits per heavy atom. The summed E-state index contributed by atoms with van der Waals surface area (Å²) >= 11 is 0. The number of nitro groups is 1. The standard InChI is InChI=1S/C15H15N3O4/c1-2-14(19)17-12-8-13(15(16-9-12)18(20)21)22-10-11-6-4-3-5-7-11/h3-9H,2,10H2,1H3,(H,17,19). The van der Waals surface area contributed by atoms with Crippen molar-refractivity contribution in [3.63, 3.8) is 0 Å². The minimum atomic E-state index is -0.619. The van der Waals surface area contributed by atoms with Crippen molar-refractivity contribution in [2.45, 2.75) is 20.0 Å². The summed E-state index contributed by atoms with van der Waals surface area (Å²) in [4.78, 5) is 25.5. The van der Waals surface area contributed by atoms with E-state index in [0.29, 0.717) is 12.1 Å². The lowest BCUT2D eigenvalue weighted by atomic mass is 10.2. The molecule has 1 aromatic heterocycles. The fraction of sp³-hybridized carbons (Fsp3) is 0.200. The van der Waals surface area contributed by atoms with Gasteiger partial charge in [0.2, 0.25) is 11.7 Å². The zero-order valence-corrected chi connectivity index (χ0v) is 12.0. The SMILES string of the molecule is CCC(=O)Nc1cnc([N+](=O)[O-])c(OCc2ccccc2)c1. The van der Waals surface area contributed by atoms with Crippen LogP contribution in [0.1, 0.15) is 18.9 Å². The molecule has 1 amide bonds. The number of pyridine rings is 1. The van der Waals surface area contributed by atoms with Crippen molar-refractivity contribution in [3.05, 3.63) is 58.3 Å². The molecule has 0 fully saturated rings. The summed E-state index contributed by atoms with van der Waals surface area (Å²) in [7, 11) is 0. The first-order valence-corrected chi connectivity index (χ1v) is 6.71. The van der Waals surface area contributed by atoms with E-state index in [4.69, 9.17) is 4.74 Å². The molecule has 0 aliphatic heterocycles. The quantitative estimate of drug-likeness (QED) is 0.654. The van der Waals surface area contributed by atoms with Crippen LogP contribution in [0.2, 0.25) is 0 Å². The maximum Gasteiger partial charge on any atom is 0.406 e. The van der Waals surface area contributed by atoms with Gasteiger partial charge in [0.1, 0.15) is 6.61 Å². The Labute approximate surface area is 127 Å². The molecule has 0 radical (unpaired) electrons. The number of hydrogen-bond acceptors (Lipinski definition) is 5. The number of aromatic nitrogens is 1. The Kier molecular flexibility index (Phi) is 5.02.